The van der Waals surface area contributed by atoms with Crippen LogP contribution in [0.25, 0.3) is 11.1 Å². The fourth-order valence-electron chi connectivity index (χ4n) is 4.14. The molecule has 30 heavy (non-hydrogen) atoms. The molecule has 6 heteroatoms. The number of hydrogen-bond acceptors (Lipinski definition) is 6. The van der Waals surface area contributed by atoms with Crippen LogP contribution in [0, 0.1) is 0 Å². The highest BCUT2D eigenvalue weighted by atomic mass is 16.1. The summed E-state index contributed by atoms with van der Waals surface area (Å²) >= 11 is 0. The summed E-state index contributed by atoms with van der Waals surface area (Å²) in [6, 6.07) is 14.0. The van der Waals surface area contributed by atoms with Crippen LogP contribution in [0.3, 0.4) is 0 Å². The maximum atomic E-state index is 13.1. The third-order valence-corrected chi connectivity index (χ3v) is 5.41. The van der Waals surface area contributed by atoms with Crippen molar-refractivity contribution in [2.45, 2.75) is 0 Å². The average molecular weight is 388 g/mol. The van der Waals surface area contributed by atoms with E-state index in [4.69, 9.17) is 0 Å². The van der Waals surface area contributed by atoms with Crippen molar-refractivity contribution < 1.29 is 9.59 Å². The van der Waals surface area contributed by atoms with Gasteiger partial charge in [0.1, 0.15) is 0 Å². The molecule has 6 rings (SSSR count). The number of hydrogen-bond donors (Lipinski definition) is 0. The van der Waals surface area contributed by atoms with Gasteiger partial charge >= 0.3 is 0 Å². The lowest BCUT2D eigenvalue weighted by Gasteiger charge is -2.26. The first-order valence-electron chi connectivity index (χ1n) is 9.41. The Kier molecular flexibility index (Phi) is 3.37. The average Bonchev–Trinajstić information content (AvgIpc) is 2.81. The first kappa shape index (κ1) is 16.6. The van der Waals surface area contributed by atoms with Crippen molar-refractivity contribution in [3.05, 3.63) is 118 Å². The smallest absolute Gasteiger partial charge is 0.197 e. The lowest BCUT2D eigenvalue weighted by molar-refractivity contribution is 0.102. The molecule has 0 aromatic carbocycles. The number of pyridine rings is 4. The van der Waals surface area contributed by atoms with E-state index in [1.165, 1.54) is 0 Å². The number of rotatable bonds is 0. The Morgan fingerprint density at radius 3 is 0.967 bits per heavy atom. The highest BCUT2D eigenvalue weighted by molar-refractivity contribution is 6.25. The number of carbonyl (C=O) groups excluding carboxylic acids is 2. The molecule has 2 aliphatic carbocycles. The lowest BCUT2D eigenvalue weighted by Crippen LogP contribution is -2.22. The van der Waals surface area contributed by atoms with Gasteiger partial charge in [-0.05, 0) is 48.5 Å². The predicted octanol–water partition coefficient (Wildman–Crippen LogP) is 3.36. The Morgan fingerprint density at radius 2 is 0.700 bits per heavy atom. The van der Waals surface area contributed by atoms with Crippen LogP contribution >= 0.6 is 0 Å². The highest BCUT2D eigenvalue weighted by Crippen LogP contribution is 2.43. The molecule has 0 unspecified atom stereocenters. The predicted molar refractivity (Wildman–Crippen MR) is 109 cm³/mol. The van der Waals surface area contributed by atoms with Crippen LogP contribution in [0.1, 0.15) is 54.6 Å². The van der Waals surface area contributed by atoms with E-state index in [0.29, 0.717) is 56.2 Å². The van der Waals surface area contributed by atoms with E-state index in [1.807, 2.05) is 0 Å². The summed E-state index contributed by atoms with van der Waals surface area (Å²) in [6.07, 6.45) is 6.58. The van der Waals surface area contributed by atoms with Gasteiger partial charge < -0.3 is 0 Å². The standard InChI is InChI=1S/C24H12N4O2/c29-23-13-5-1-9-25-19(13)17(20-14(23)6-2-10-26-20)18-21-15(7-3-11-27-21)24(30)16-8-4-12-28-22(16)18/h1-12H. The van der Waals surface area contributed by atoms with Crippen LogP contribution < -0.4 is 0 Å². The van der Waals surface area contributed by atoms with Crippen molar-refractivity contribution >= 4 is 22.7 Å². The number of aromatic nitrogens is 4. The molecule has 4 aromatic rings. The zero-order chi connectivity index (χ0) is 20.2. The van der Waals surface area contributed by atoms with Crippen LogP contribution in [0.2, 0.25) is 0 Å². The summed E-state index contributed by atoms with van der Waals surface area (Å²) in [6.45, 7) is 0. The first-order valence-corrected chi connectivity index (χ1v) is 9.41. The van der Waals surface area contributed by atoms with Crippen LogP contribution in [-0.2, 0) is 0 Å². The number of carbonyl (C=O) groups is 2. The van der Waals surface area contributed by atoms with Crippen molar-refractivity contribution in [1.29, 1.82) is 0 Å². The van der Waals surface area contributed by atoms with E-state index in [-0.39, 0.29) is 11.6 Å². The molecule has 4 aromatic heterocycles. The Bertz CT molecular complexity index is 1230. The molecule has 4 heterocycles. The van der Waals surface area contributed by atoms with E-state index in [2.05, 4.69) is 19.9 Å². The Morgan fingerprint density at radius 1 is 0.433 bits per heavy atom. The van der Waals surface area contributed by atoms with E-state index in [0.717, 1.165) is 0 Å². The second-order valence-electron chi connectivity index (χ2n) is 7.01. The quantitative estimate of drug-likeness (QED) is 0.397. The minimum Gasteiger partial charge on any atom is -0.288 e. The van der Waals surface area contributed by atoms with E-state index < -0.39 is 0 Å². The van der Waals surface area contributed by atoms with Gasteiger partial charge in [0.25, 0.3) is 0 Å². The van der Waals surface area contributed by atoms with Crippen LogP contribution in [0.4, 0.5) is 0 Å². The zero-order valence-corrected chi connectivity index (χ0v) is 15.5. The van der Waals surface area contributed by atoms with Gasteiger partial charge in [-0.2, -0.15) is 0 Å². The molecule has 0 fully saturated rings. The van der Waals surface area contributed by atoms with Crippen LogP contribution in [0.5, 0.6) is 0 Å². The van der Waals surface area contributed by atoms with Crippen LogP contribution in [0.15, 0.2) is 73.3 Å². The molecule has 2 aliphatic rings. The Balaban J connectivity index is 1.84. The van der Waals surface area contributed by atoms with Crippen molar-refractivity contribution in [2.24, 2.45) is 0 Å². The van der Waals surface area contributed by atoms with Gasteiger partial charge in [-0.1, -0.05) is 0 Å². The van der Waals surface area contributed by atoms with Gasteiger partial charge in [-0.15, -0.1) is 0 Å². The summed E-state index contributed by atoms with van der Waals surface area (Å²) in [7, 11) is 0. The molecule has 0 aliphatic heterocycles. The fourth-order valence-corrected chi connectivity index (χ4v) is 4.14. The van der Waals surface area contributed by atoms with Gasteiger partial charge in [0.15, 0.2) is 11.6 Å². The third-order valence-electron chi connectivity index (χ3n) is 5.41. The second kappa shape index (κ2) is 6.09. The van der Waals surface area contributed by atoms with Crippen molar-refractivity contribution in [1.82, 2.24) is 19.9 Å². The second-order valence-corrected chi connectivity index (χ2v) is 7.01. The third kappa shape index (κ3) is 2.13. The number of fused-ring (bicyclic) bond motifs is 4. The molecule has 140 valence electrons. The van der Waals surface area contributed by atoms with Gasteiger partial charge in [0.05, 0.1) is 22.8 Å². The van der Waals surface area contributed by atoms with Crippen molar-refractivity contribution in [3.63, 3.8) is 0 Å². The molecule has 0 N–H and O–H groups in total. The number of nitrogens with zero attached hydrogens (tertiary/aromatic N) is 4. The van der Waals surface area contributed by atoms with Crippen molar-refractivity contribution in [2.75, 3.05) is 0 Å². The molecule has 0 atom stereocenters. The number of ketones is 2. The molecule has 0 spiro atoms. The molecule has 0 saturated heterocycles. The normalized spacial score (nSPS) is 14.0. The largest absolute Gasteiger partial charge is 0.288 e. The van der Waals surface area contributed by atoms with Gasteiger partial charge in [-0.3, -0.25) is 29.5 Å². The molecule has 0 saturated carbocycles. The molecule has 0 radical (unpaired) electrons. The Hall–Kier alpha value is -4.32. The van der Waals surface area contributed by atoms with E-state index >= 15 is 0 Å². The summed E-state index contributed by atoms with van der Waals surface area (Å²) in [5, 5.41) is 0. The molecular weight excluding hydrogens is 376 g/mol. The molecular formula is C24H12N4O2. The van der Waals surface area contributed by atoms with Gasteiger partial charge in [-0.25, -0.2) is 0 Å². The van der Waals surface area contributed by atoms with Crippen molar-refractivity contribution in [3.8, 4) is 0 Å². The monoisotopic (exact) mass is 388 g/mol. The molecule has 0 bridgehead atoms. The van der Waals surface area contributed by atoms with Gasteiger partial charge in [0.2, 0.25) is 0 Å². The minimum absolute atomic E-state index is 0.125. The van der Waals surface area contributed by atoms with Crippen LogP contribution in [-0.4, -0.2) is 31.5 Å². The minimum atomic E-state index is -0.125. The summed E-state index contributed by atoms with van der Waals surface area (Å²) in [4.78, 5) is 44.3. The molecule has 6 nitrogen and oxygen atoms in total. The summed E-state index contributed by atoms with van der Waals surface area (Å²) in [5.41, 5.74) is 5.37. The first-order chi connectivity index (χ1) is 14.8. The lowest BCUT2D eigenvalue weighted by atomic mass is 9.79. The maximum absolute atomic E-state index is 13.1. The topological polar surface area (TPSA) is 85.7 Å². The fraction of sp³-hybridized carbons (Fsp3) is 0. The summed E-state index contributed by atoms with van der Waals surface area (Å²) < 4.78 is 0. The Labute approximate surface area is 171 Å². The molecule has 0 amide bonds. The SMILES string of the molecule is O=C1c2cccnc2C(=C2c3ncccc3C(=O)c3cccnc32)c2ncccc21. The summed E-state index contributed by atoms with van der Waals surface area (Å²) in [5.74, 6) is -0.250. The highest BCUT2D eigenvalue weighted by Gasteiger charge is 2.37. The maximum Gasteiger partial charge on any atom is 0.197 e. The zero-order valence-electron chi connectivity index (χ0n) is 15.5. The van der Waals surface area contributed by atoms with E-state index in [9.17, 15) is 9.59 Å². The van der Waals surface area contributed by atoms with Gasteiger partial charge in [0, 0.05) is 58.2 Å². The van der Waals surface area contributed by atoms with E-state index in [1.54, 1.807) is 73.3 Å².